The van der Waals surface area contributed by atoms with E-state index in [4.69, 9.17) is 4.74 Å². The summed E-state index contributed by atoms with van der Waals surface area (Å²) in [7, 11) is 0. The van der Waals surface area contributed by atoms with Gasteiger partial charge in [0.15, 0.2) is 0 Å². The Morgan fingerprint density at radius 2 is 2.09 bits per heavy atom. The lowest BCUT2D eigenvalue weighted by Crippen LogP contribution is -2.41. The summed E-state index contributed by atoms with van der Waals surface area (Å²) in [4.78, 5) is 24.3. The maximum Gasteiger partial charge on any atom is 0.272 e. The highest BCUT2D eigenvalue weighted by atomic mass is 16.5. The SMILES string of the molecule is C[C@@H](NC(=O)c1ccc(=O)n(-c2ccccc2)n1)[C@@H]1CCCO1. The molecule has 1 amide bonds. The van der Waals surface area contributed by atoms with Crippen LogP contribution in [0.2, 0.25) is 0 Å². The van der Waals surface area contributed by atoms with Crippen LogP contribution in [0.4, 0.5) is 0 Å². The number of ether oxygens (including phenoxy) is 1. The number of hydrogen-bond acceptors (Lipinski definition) is 4. The van der Waals surface area contributed by atoms with Crippen molar-refractivity contribution in [1.29, 1.82) is 0 Å². The van der Waals surface area contributed by atoms with Crippen LogP contribution in [0.25, 0.3) is 5.69 Å². The molecule has 0 radical (unpaired) electrons. The average molecular weight is 313 g/mol. The first kappa shape index (κ1) is 15.4. The minimum absolute atomic E-state index is 0.0407. The summed E-state index contributed by atoms with van der Waals surface area (Å²) >= 11 is 0. The molecule has 2 atom stereocenters. The van der Waals surface area contributed by atoms with Gasteiger partial charge >= 0.3 is 0 Å². The third kappa shape index (κ3) is 3.48. The predicted molar refractivity (Wildman–Crippen MR) is 85.7 cm³/mol. The van der Waals surface area contributed by atoms with E-state index in [1.807, 2.05) is 25.1 Å². The van der Waals surface area contributed by atoms with E-state index >= 15 is 0 Å². The summed E-state index contributed by atoms with van der Waals surface area (Å²) in [5.74, 6) is -0.308. The van der Waals surface area contributed by atoms with Gasteiger partial charge in [0.05, 0.1) is 17.8 Å². The molecule has 0 saturated carbocycles. The van der Waals surface area contributed by atoms with Gasteiger partial charge in [0, 0.05) is 12.7 Å². The highest BCUT2D eigenvalue weighted by Crippen LogP contribution is 2.15. The van der Waals surface area contributed by atoms with E-state index in [0.717, 1.165) is 19.4 Å². The molecule has 1 fully saturated rings. The van der Waals surface area contributed by atoms with Crippen molar-refractivity contribution in [2.24, 2.45) is 0 Å². The highest BCUT2D eigenvalue weighted by Gasteiger charge is 2.24. The molecule has 2 heterocycles. The fraction of sp³-hybridized carbons (Fsp3) is 0.353. The van der Waals surface area contributed by atoms with E-state index in [9.17, 15) is 9.59 Å². The van der Waals surface area contributed by atoms with Crippen molar-refractivity contribution >= 4 is 5.91 Å². The molecule has 23 heavy (non-hydrogen) atoms. The van der Waals surface area contributed by atoms with Crippen LogP contribution in [0, 0.1) is 0 Å². The summed E-state index contributed by atoms with van der Waals surface area (Å²) in [6.07, 6.45) is 2.00. The third-order valence-corrected chi connectivity index (χ3v) is 3.92. The van der Waals surface area contributed by atoms with Gasteiger partial charge in [-0.1, -0.05) is 18.2 Å². The molecule has 0 aliphatic carbocycles. The summed E-state index contributed by atoms with van der Waals surface area (Å²) < 4.78 is 6.80. The maximum atomic E-state index is 12.4. The van der Waals surface area contributed by atoms with Gasteiger partial charge in [0.1, 0.15) is 5.69 Å². The molecule has 1 aromatic heterocycles. The third-order valence-electron chi connectivity index (χ3n) is 3.92. The standard InChI is InChI=1S/C17H19N3O3/c1-12(15-8-5-11-23-15)18-17(22)14-9-10-16(21)20(19-14)13-6-3-2-4-7-13/h2-4,6-7,9-10,12,15H,5,8,11H2,1H3,(H,18,22)/t12-,15+/m1/s1. The smallest absolute Gasteiger partial charge is 0.272 e. The summed E-state index contributed by atoms with van der Waals surface area (Å²) in [6, 6.07) is 11.7. The van der Waals surface area contributed by atoms with E-state index < -0.39 is 0 Å². The van der Waals surface area contributed by atoms with Gasteiger partial charge in [-0.2, -0.15) is 9.78 Å². The van der Waals surface area contributed by atoms with Crippen LogP contribution in [0.5, 0.6) is 0 Å². The molecule has 0 spiro atoms. The Morgan fingerprint density at radius 1 is 1.30 bits per heavy atom. The van der Waals surface area contributed by atoms with Crippen molar-refractivity contribution in [3.63, 3.8) is 0 Å². The van der Waals surface area contributed by atoms with Gasteiger partial charge in [-0.15, -0.1) is 0 Å². The van der Waals surface area contributed by atoms with Gasteiger partial charge in [0.2, 0.25) is 0 Å². The molecule has 6 nitrogen and oxygen atoms in total. The molecular formula is C17H19N3O3. The number of benzene rings is 1. The minimum atomic E-state index is -0.308. The van der Waals surface area contributed by atoms with Crippen molar-refractivity contribution in [2.75, 3.05) is 6.61 Å². The molecule has 1 saturated heterocycles. The van der Waals surface area contributed by atoms with E-state index in [0.29, 0.717) is 5.69 Å². The zero-order valence-electron chi connectivity index (χ0n) is 12.9. The Morgan fingerprint density at radius 3 is 2.78 bits per heavy atom. The number of para-hydroxylation sites is 1. The Hall–Kier alpha value is -2.47. The number of carbonyl (C=O) groups is 1. The number of rotatable bonds is 4. The molecule has 6 heteroatoms. The van der Waals surface area contributed by atoms with Gasteiger partial charge in [-0.3, -0.25) is 9.59 Å². The van der Waals surface area contributed by atoms with E-state index in [2.05, 4.69) is 10.4 Å². The molecule has 1 aliphatic rings. The van der Waals surface area contributed by atoms with Crippen molar-refractivity contribution in [3.8, 4) is 5.69 Å². The first-order chi connectivity index (χ1) is 11.1. The lowest BCUT2D eigenvalue weighted by molar-refractivity contribution is 0.0708. The minimum Gasteiger partial charge on any atom is -0.376 e. The fourth-order valence-corrected chi connectivity index (χ4v) is 2.66. The van der Waals surface area contributed by atoms with Crippen molar-refractivity contribution in [1.82, 2.24) is 15.1 Å². The van der Waals surface area contributed by atoms with E-state index in [-0.39, 0.29) is 29.3 Å². The monoisotopic (exact) mass is 313 g/mol. The van der Waals surface area contributed by atoms with Crippen LogP contribution in [-0.2, 0) is 4.74 Å². The van der Waals surface area contributed by atoms with Gasteiger partial charge in [-0.05, 0) is 38.0 Å². The average Bonchev–Trinajstić information content (AvgIpc) is 3.10. The second-order valence-corrected chi connectivity index (χ2v) is 5.62. The molecule has 2 aromatic rings. The Bertz CT molecular complexity index is 736. The number of nitrogens with zero attached hydrogens (tertiary/aromatic N) is 2. The molecule has 1 aliphatic heterocycles. The van der Waals surface area contributed by atoms with Crippen LogP contribution < -0.4 is 10.9 Å². The zero-order chi connectivity index (χ0) is 16.2. The first-order valence-electron chi connectivity index (χ1n) is 7.73. The summed E-state index contributed by atoms with van der Waals surface area (Å²) in [6.45, 7) is 2.66. The van der Waals surface area contributed by atoms with Gasteiger partial charge < -0.3 is 10.1 Å². The molecular weight excluding hydrogens is 294 g/mol. The van der Waals surface area contributed by atoms with Crippen LogP contribution in [-0.4, -0.2) is 34.4 Å². The molecule has 0 bridgehead atoms. The zero-order valence-corrected chi connectivity index (χ0v) is 12.9. The predicted octanol–water partition coefficient (Wildman–Crippen LogP) is 1.53. The topological polar surface area (TPSA) is 73.2 Å². The van der Waals surface area contributed by atoms with Crippen LogP contribution in [0.3, 0.4) is 0 Å². The van der Waals surface area contributed by atoms with E-state index in [1.165, 1.54) is 16.8 Å². The number of hydrogen-bond donors (Lipinski definition) is 1. The highest BCUT2D eigenvalue weighted by molar-refractivity contribution is 5.92. The molecule has 120 valence electrons. The summed E-state index contributed by atoms with van der Waals surface area (Å²) in [5.41, 5.74) is 0.553. The van der Waals surface area contributed by atoms with Gasteiger partial charge in [0.25, 0.3) is 11.5 Å². The van der Waals surface area contributed by atoms with Crippen molar-refractivity contribution in [3.05, 3.63) is 58.5 Å². The number of amides is 1. The number of carbonyl (C=O) groups excluding carboxylic acids is 1. The number of aromatic nitrogens is 2. The fourth-order valence-electron chi connectivity index (χ4n) is 2.66. The van der Waals surface area contributed by atoms with E-state index in [1.54, 1.807) is 12.1 Å². The molecule has 1 aromatic carbocycles. The Labute approximate surface area is 134 Å². The lowest BCUT2D eigenvalue weighted by Gasteiger charge is -2.19. The summed E-state index contributed by atoms with van der Waals surface area (Å²) in [5, 5.41) is 7.07. The van der Waals surface area contributed by atoms with Crippen LogP contribution in [0.1, 0.15) is 30.3 Å². The molecule has 0 unspecified atom stereocenters. The molecule has 1 N–H and O–H groups in total. The van der Waals surface area contributed by atoms with Crippen molar-refractivity contribution < 1.29 is 9.53 Å². The second-order valence-electron chi connectivity index (χ2n) is 5.62. The molecule has 3 rings (SSSR count). The van der Waals surface area contributed by atoms with Crippen LogP contribution >= 0.6 is 0 Å². The maximum absolute atomic E-state index is 12.4. The first-order valence-corrected chi connectivity index (χ1v) is 7.73. The van der Waals surface area contributed by atoms with Crippen molar-refractivity contribution in [2.45, 2.75) is 31.9 Å². The lowest BCUT2D eigenvalue weighted by atomic mass is 10.1. The largest absolute Gasteiger partial charge is 0.376 e. The quantitative estimate of drug-likeness (QED) is 0.929. The Balaban J connectivity index is 1.80. The van der Waals surface area contributed by atoms with Crippen LogP contribution in [0.15, 0.2) is 47.3 Å². The second kappa shape index (κ2) is 6.75. The normalized spacial score (nSPS) is 18.6. The number of nitrogens with one attached hydrogen (secondary N) is 1. The van der Waals surface area contributed by atoms with Gasteiger partial charge in [-0.25, -0.2) is 0 Å². The Kier molecular flexibility index (Phi) is 4.52.